The van der Waals surface area contributed by atoms with E-state index in [0.717, 1.165) is 30.8 Å². The first kappa shape index (κ1) is 21.4. The average molecular weight is 455 g/mol. The van der Waals surface area contributed by atoms with Gasteiger partial charge in [-0.1, -0.05) is 18.2 Å². The van der Waals surface area contributed by atoms with Crippen molar-refractivity contribution in [2.75, 3.05) is 30.9 Å². The summed E-state index contributed by atoms with van der Waals surface area (Å²) in [4.78, 5) is 11.1. The van der Waals surface area contributed by atoms with E-state index in [1.165, 1.54) is 58.6 Å². The fourth-order valence-electron chi connectivity index (χ4n) is 5.92. The maximum absolute atomic E-state index is 4.62. The molecule has 6 heteroatoms. The van der Waals surface area contributed by atoms with E-state index >= 15 is 0 Å². The second kappa shape index (κ2) is 8.58. The monoisotopic (exact) mass is 454 g/mol. The van der Waals surface area contributed by atoms with Crippen molar-refractivity contribution < 1.29 is 0 Å². The summed E-state index contributed by atoms with van der Waals surface area (Å²) in [6.45, 7) is 4.34. The Kier molecular flexibility index (Phi) is 5.41. The summed E-state index contributed by atoms with van der Waals surface area (Å²) in [5.41, 5.74) is 5.68. The number of hydrogen-bond acceptors (Lipinski definition) is 5. The van der Waals surface area contributed by atoms with Gasteiger partial charge in [0.25, 0.3) is 0 Å². The molecular formula is C28H34N6. The van der Waals surface area contributed by atoms with Crippen LogP contribution in [0.2, 0.25) is 0 Å². The Morgan fingerprint density at radius 2 is 1.85 bits per heavy atom. The van der Waals surface area contributed by atoms with Crippen molar-refractivity contribution >= 4 is 33.6 Å². The highest BCUT2D eigenvalue weighted by Gasteiger charge is 2.31. The number of aromatic nitrogens is 3. The van der Waals surface area contributed by atoms with Crippen molar-refractivity contribution in [2.24, 2.45) is 5.92 Å². The smallest absolute Gasteiger partial charge is 0.224 e. The first-order valence-corrected chi connectivity index (χ1v) is 12.7. The Morgan fingerprint density at radius 3 is 2.65 bits per heavy atom. The van der Waals surface area contributed by atoms with Crippen molar-refractivity contribution in [1.82, 2.24) is 19.9 Å². The number of hydrogen-bond donors (Lipinski definition) is 2. The number of para-hydroxylation sites is 1. The molecule has 2 N–H and O–H groups in total. The summed E-state index contributed by atoms with van der Waals surface area (Å²) in [5.74, 6) is 2.41. The van der Waals surface area contributed by atoms with Gasteiger partial charge in [-0.3, -0.25) is 0 Å². The average Bonchev–Trinajstić information content (AvgIpc) is 3.19. The van der Waals surface area contributed by atoms with Gasteiger partial charge in [-0.15, -0.1) is 0 Å². The molecule has 0 saturated heterocycles. The van der Waals surface area contributed by atoms with Crippen LogP contribution in [0.1, 0.15) is 49.8 Å². The number of benzene rings is 2. The van der Waals surface area contributed by atoms with Gasteiger partial charge in [0, 0.05) is 49.2 Å². The third-order valence-corrected chi connectivity index (χ3v) is 7.77. The van der Waals surface area contributed by atoms with E-state index in [-0.39, 0.29) is 0 Å². The number of nitrogens with zero attached hydrogens (tertiary/aromatic N) is 4. The minimum absolute atomic E-state index is 0.389. The lowest BCUT2D eigenvalue weighted by Crippen LogP contribution is -2.35. The van der Waals surface area contributed by atoms with Crippen LogP contribution in [0.25, 0.3) is 21.8 Å². The zero-order valence-electron chi connectivity index (χ0n) is 20.4. The van der Waals surface area contributed by atoms with Gasteiger partial charge in [0.15, 0.2) is 0 Å². The molecule has 0 radical (unpaired) electrons. The van der Waals surface area contributed by atoms with Crippen LogP contribution in [-0.2, 0) is 6.54 Å². The van der Waals surface area contributed by atoms with E-state index in [1.807, 2.05) is 31.3 Å². The predicted octanol–water partition coefficient (Wildman–Crippen LogP) is 5.33. The largest absolute Gasteiger partial charge is 0.363 e. The first-order valence-electron chi connectivity index (χ1n) is 12.7. The fraction of sp³-hybridized carbons (Fsp3) is 0.429. The van der Waals surface area contributed by atoms with Crippen molar-refractivity contribution in [3.63, 3.8) is 0 Å². The summed E-state index contributed by atoms with van der Waals surface area (Å²) < 4.78 is 2.49. The summed E-state index contributed by atoms with van der Waals surface area (Å²) >= 11 is 0. The normalized spacial score (nSPS) is 21.6. The van der Waals surface area contributed by atoms with Crippen LogP contribution in [0.4, 0.5) is 11.8 Å². The summed E-state index contributed by atoms with van der Waals surface area (Å²) in [6.07, 6.45) is 6.66. The molecule has 2 bridgehead atoms. The standard InChI is InChI=1S/C28H34N6/c1-4-34-24-8-6-5-7-21(24)22-15-19-16-23(27(22)34)26(19)30-17-18-9-11-20(12-10-18)31-28-29-14-13-25(32-28)33(2)3/h5-8,13-16,18,20,26,30H,4,9-12,17H2,1-3H3,(H,29,31,32). The third kappa shape index (κ3) is 3.61. The molecule has 7 rings (SSSR count). The van der Waals surface area contributed by atoms with Gasteiger partial charge in [-0.25, -0.2) is 4.98 Å². The quantitative estimate of drug-likeness (QED) is 0.395. The van der Waals surface area contributed by atoms with Gasteiger partial charge in [-0.05, 0) is 80.5 Å². The Balaban J connectivity index is 1.08. The van der Waals surface area contributed by atoms with Crippen LogP contribution in [0, 0.1) is 5.92 Å². The summed E-state index contributed by atoms with van der Waals surface area (Å²) in [7, 11) is 4.02. The Bertz CT molecular complexity index is 1330. The van der Waals surface area contributed by atoms with E-state index in [1.54, 1.807) is 0 Å². The van der Waals surface area contributed by atoms with Gasteiger partial charge >= 0.3 is 0 Å². The molecule has 1 fully saturated rings. The maximum Gasteiger partial charge on any atom is 0.224 e. The molecule has 34 heavy (non-hydrogen) atoms. The van der Waals surface area contributed by atoms with Crippen molar-refractivity contribution in [3.05, 3.63) is 59.8 Å². The van der Waals surface area contributed by atoms with Gasteiger partial charge in [0.2, 0.25) is 5.95 Å². The molecule has 1 unspecified atom stereocenters. The highest BCUT2D eigenvalue weighted by atomic mass is 15.2. The van der Waals surface area contributed by atoms with Gasteiger partial charge in [0.05, 0.1) is 11.6 Å². The molecule has 2 heterocycles. The van der Waals surface area contributed by atoms with Crippen molar-refractivity contribution in [1.29, 1.82) is 0 Å². The molecule has 6 nitrogen and oxygen atoms in total. The zero-order valence-corrected chi connectivity index (χ0v) is 20.4. The summed E-state index contributed by atoms with van der Waals surface area (Å²) in [5, 5.41) is 10.3. The molecule has 2 aromatic carbocycles. The van der Waals surface area contributed by atoms with E-state index < -0.39 is 0 Å². The lowest BCUT2D eigenvalue weighted by Gasteiger charge is -2.34. The Hall–Kier alpha value is -3.12. The second-order valence-electron chi connectivity index (χ2n) is 10.1. The van der Waals surface area contributed by atoms with Crippen LogP contribution >= 0.6 is 0 Å². The molecule has 0 spiro atoms. The molecule has 1 saturated carbocycles. The van der Waals surface area contributed by atoms with E-state index in [9.17, 15) is 0 Å². The maximum atomic E-state index is 4.62. The second-order valence-corrected chi connectivity index (χ2v) is 10.1. The minimum Gasteiger partial charge on any atom is -0.363 e. The van der Waals surface area contributed by atoms with Crippen LogP contribution in [-0.4, -0.2) is 41.2 Å². The van der Waals surface area contributed by atoms with Crippen LogP contribution < -0.4 is 15.5 Å². The van der Waals surface area contributed by atoms with Gasteiger partial charge in [-0.2, -0.15) is 4.98 Å². The molecule has 0 aliphatic heterocycles. The van der Waals surface area contributed by atoms with Gasteiger partial charge in [0.1, 0.15) is 5.82 Å². The van der Waals surface area contributed by atoms with Crippen molar-refractivity contribution in [3.8, 4) is 0 Å². The first-order chi connectivity index (χ1) is 16.6. The molecule has 3 aliphatic rings. The molecule has 176 valence electrons. The number of rotatable bonds is 7. The summed E-state index contributed by atoms with van der Waals surface area (Å²) in [6, 6.07) is 16.4. The highest BCUT2D eigenvalue weighted by Crippen LogP contribution is 2.44. The van der Waals surface area contributed by atoms with Crippen molar-refractivity contribution in [2.45, 2.75) is 51.2 Å². The lowest BCUT2D eigenvalue weighted by atomic mass is 9.82. The lowest BCUT2D eigenvalue weighted by molar-refractivity contribution is 0.316. The molecule has 1 atom stereocenters. The van der Waals surface area contributed by atoms with Crippen LogP contribution in [0.3, 0.4) is 0 Å². The topological polar surface area (TPSA) is 58.0 Å². The van der Waals surface area contributed by atoms with Gasteiger partial charge < -0.3 is 20.1 Å². The molecular weight excluding hydrogens is 420 g/mol. The predicted molar refractivity (Wildman–Crippen MR) is 141 cm³/mol. The number of fused-ring (bicyclic) bond motifs is 1. The number of anilines is 2. The van der Waals surface area contributed by atoms with Crippen LogP contribution in [0.5, 0.6) is 0 Å². The van der Waals surface area contributed by atoms with E-state index in [4.69, 9.17) is 0 Å². The van der Waals surface area contributed by atoms with E-state index in [0.29, 0.717) is 12.1 Å². The zero-order chi connectivity index (χ0) is 23.2. The Labute approximate surface area is 201 Å². The van der Waals surface area contributed by atoms with E-state index in [2.05, 4.69) is 68.5 Å². The molecule has 3 aliphatic carbocycles. The number of nitrogens with one attached hydrogen (secondary N) is 2. The highest BCUT2D eigenvalue weighted by molar-refractivity contribution is 6.10. The molecule has 0 amide bonds. The molecule has 2 aromatic heterocycles. The Morgan fingerprint density at radius 1 is 1.03 bits per heavy atom. The fourth-order valence-corrected chi connectivity index (χ4v) is 5.92. The third-order valence-electron chi connectivity index (χ3n) is 7.77. The van der Waals surface area contributed by atoms with Crippen LogP contribution in [0.15, 0.2) is 48.7 Å². The SMILES string of the molecule is CCn1c2ccccc2c2cc3cc(c21)C3NCC1CCC(Nc2nccc(N(C)C)n2)CC1. The number of aryl methyl sites for hydroxylation is 1. The molecule has 4 aromatic rings. The minimum atomic E-state index is 0.389.